The molecule has 4 amide bonds. The lowest BCUT2D eigenvalue weighted by molar-refractivity contribution is -0.271. The van der Waals surface area contributed by atoms with E-state index in [4.69, 9.17) is 29.6 Å². The Morgan fingerprint density at radius 1 is 0.866 bits per heavy atom. The Bertz CT molecular complexity index is 2030. The lowest BCUT2D eigenvalue weighted by atomic mass is 9.76. The number of nitrogens with zero attached hydrogens (tertiary/aromatic N) is 2. The number of rotatable bonds is 24. The fourth-order valence-electron chi connectivity index (χ4n) is 6.89. The van der Waals surface area contributed by atoms with E-state index in [0.717, 1.165) is 4.90 Å². The number of aliphatic hydroxyl groups is 3. The first-order chi connectivity index (χ1) is 31.4. The van der Waals surface area contributed by atoms with Gasteiger partial charge < -0.3 is 69.6 Å². The van der Waals surface area contributed by atoms with Crippen molar-refractivity contribution in [1.82, 2.24) is 20.4 Å². The van der Waals surface area contributed by atoms with Crippen molar-refractivity contribution in [3.63, 3.8) is 0 Å². The van der Waals surface area contributed by atoms with Crippen molar-refractivity contribution < 1.29 is 82.8 Å². The van der Waals surface area contributed by atoms with Gasteiger partial charge in [-0.2, -0.15) is 0 Å². The number of hydrogen-bond acceptors (Lipinski definition) is 16. The molecule has 5 unspecified atom stereocenters. The minimum Gasteiger partial charge on any atom is -0.479 e. The first-order valence-corrected chi connectivity index (χ1v) is 21.3. The van der Waals surface area contributed by atoms with Gasteiger partial charge in [-0.05, 0) is 35.6 Å². The molecule has 1 aliphatic rings. The molecule has 22 heteroatoms. The molecule has 9 N–H and O–H groups in total. The number of aliphatic hydroxyl groups excluding tert-OH is 3. The zero-order chi connectivity index (χ0) is 50.2. The second kappa shape index (κ2) is 25.4. The zero-order valence-corrected chi connectivity index (χ0v) is 39.0. The average Bonchev–Trinajstić information content (AvgIpc) is 3.28. The van der Waals surface area contributed by atoms with Crippen molar-refractivity contribution in [3.05, 3.63) is 76.9 Å². The first kappa shape index (κ1) is 55.6. The van der Waals surface area contributed by atoms with Crippen molar-refractivity contribution in [2.45, 2.75) is 96.4 Å². The summed E-state index contributed by atoms with van der Waals surface area (Å²) in [5.41, 5.74) is -1.22. The van der Waals surface area contributed by atoms with E-state index in [0.29, 0.717) is 5.56 Å². The second-order valence-electron chi connectivity index (χ2n) is 17.4. The van der Waals surface area contributed by atoms with Gasteiger partial charge in [0.25, 0.3) is 5.91 Å². The molecule has 0 spiro atoms. The van der Waals surface area contributed by atoms with Crippen molar-refractivity contribution in [3.8, 4) is 5.75 Å². The van der Waals surface area contributed by atoms with E-state index in [2.05, 4.69) is 15.5 Å². The molecule has 1 heterocycles. The van der Waals surface area contributed by atoms with Crippen LogP contribution in [0, 0.1) is 5.41 Å². The van der Waals surface area contributed by atoms with E-state index in [9.17, 15) is 54.3 Å². The summed E-state index contributed by atoms with van der Waals surface area (Å²) in [4.78, 5) is 86.0. The van der Waals surface area contributed by atoms with Gasteiger partial charge in [0, 0.05) is 38.2 Å². The fraction of sp³-hybridized carbons (Fsp3) is 0.556. The standard InChI is InChI=1S/C45H65N5O17/c1-26(40(57)58)16-18-49(7)39(56)35(44(2,3)4)48-38(55)36(45(5,6)28-12-10-9-11-13-28)50(8)43(61)64-25-27-14-15-30(66-42-33(53)31(51)32(52)34(67-42)41(59)60)29(24-27)37(54)47-17-19-62-20-21-63-22-23-65-46/h9-16,24,31-36,42,51-53H,17-23,25,46H2,1-8H3,(H,47,54)(H,48,55)(H,57,58)(H,59,60)/b26-16+/t31?,32-,33+,34?,35?,36?,42?/m0/s1. The Morgan fingerprint density at radius 3 is 2.09 bits per heavy atom. The molecule has 372 valence electrons. The van der Waals surface area contributed by atoms with Gasteiger partial charge >= 0.3 is 18.0 Å². The predicted octanol–water partition coefficient (Wildman–Crippen LogP) is 0.546. The maximum atomic E-state index is 14.6. The van der Waals surface area contributed by atoms with Gasteiger partial charge in [0.05, 0.1) is 38.6 Å². The monoisotopic (exact) mass is 947 g/mol. The SMILES string of the molecule is C/C(=C\CN(C)C(=O)C(NC(=O)C(N(C)C(=O)OCc1ccc(OC2OC(C(=O)O)[C@@H](O)C(O)[C@H]2O)c(C(=O)NCCOCCOCCON)c1)C(C)(C)c1ccccc1)C(C)(C)C)C(=O)O. The molecule has 67 heavy (non-hydrogen) atoms. The molecule has 2 aromatic carbocycles. The number of carbonyl (C=O) groups excluding carboxylic acids is 4. The van der Waals surface area contributed by atoms with E-state index < -0.39 is 96.0 Å². The number of carbonyl (C=O) groups is 6. The molecule has 2 aromatic rings. The molecule has 1 aliphatic heterocycles. The normalized spacial score (nSPS) is 19.6. The van der Waals surface area contributed by atoms with E-state index in [-0.39, 0.29) is 68.6 Å². The minimum atomic E-state index is -2.00. The highest BCUT2D eigenvalue weighted by atomic mass is 16.7. The van der Waals surface area contributed by atoms with E-state index in [1.54, 1.807) is 65.0 Å². The van der Waals surface area contributed by atoms with E-state index in [1.165, 1.54) is 50.2 Å². The molecular formula is C45H65N5O17. The molecule has 0 aromatic heterocycles. The molecule has 7 atom stereocenters. The van der Waals surface area contributed by atoms with Crippen LogP contribution >= 0.6 is 0 Å². The molecular weight excluding hydrogens is 883 g/mol. The third kappa shape index (κ3) is 15.7. The third-order valence-electron chi connectivity index (χ3n) is 10.9. The van der Waals surface area contributed by atoms with Crippen molar-refractivity contribution >= 4 is 35.8 Å². The van der Waals surface area contributed by atoms with E-state index >= 15 is 0 Å². The van der Waals surface area contributed by atoms with Crippen LogP contribution in [-0.4, -0.2) is 174 Å². The van der Waals surface area contributed by atoms with Crippen LogP contribution in [0.1, 0.15) is 63.0 Å². The summed E-state index contributed by atoms with van der Waals surface area (Å²) in [6.07, 6.45) is -9.38. The van der Waals surface area contributed by atoms with Gasteiger partial charge in [0.2, 0.25) is 18.1 Å². The molecule has 0 radical (unpaired) electrons. The molecule has 1 fully saturated rings. The average molecular weight is 948 g/mol. The quantitative estimate of drug-likeness (QED) is 0.0405. The summed E-state index contributed by atoms with van der Waals surface area (Å²) in [6.45, 7) is 10.5. The summed E-state index contributed by atoms with van der Waals surface area (Å²) in [6, 6.07) is 10.4. The highest BCUT2D eigenvalue weighted by Gasteiger charge is 2.49. The van der Waals surface area contributed by atoms with Crippen LogP contribution in [0.25, 0.3) is 0 Å². The number of aliphatic carboxylic acids is 2. The summed E-state index contributed by atoms with van der Waals surface area (Å²) in [5.74, 6) is -0.0208. The van der Waals surface area contributed by atoms with E-state index in [1.807, 2.05) is 0 Å². The van der Waals surface area contributed by atoms with Crippen LogP contribution < -0.4 is 21.3 Å². The number of amides is 4. The van der Waals surface area contributed by atoms with Gasteiger partial charge in [-0.1, -0.05) is 77.1 Å². The fourth-order valence-corrected chi connectivity index (χ4v) is 6.89. The number of nitrogens with one attached hydrogen (secondary N) is 2. The zero-order valence-electron chi connectivity index (χ0n) is 39.0. The minimum absolute atomic E-state index is 0.0111. The van der Waals surface area contributed by atoms with Gasteiger partial charge in [0.15, 0.2) is 6.10 Å². The van der Waals surface area contributed by atoms with Crippen molar-refractivity contribution in [2.75, 3.05) is 60.2 Å². The Labute approximate surface area is 388 Å². The third-order valence-corrected chi connectivity index (χ3v) is 10.9. The van der Waals surface area contributed by atoms with Crippen LogP contribution in [0.5, 0.6) is 5.75 Å². The van der Waals surface area contributed by atoms with Gasteiger partial charge in [-0.25, -0.2) is 20.3 Å². The summed E-state index contributed by atoms with van der Waals surface area (Å²) in [7, 11) is 2.84. The lowest BCUT2D eigenvalue weighted by Crippen LogP contribution is -2.62. The number of benzene rings is 2. The van der Waals surface area contributed by atoms with Crippen LogP contribution in [0.4, 0.5) is 4.79 Å². The first-order valence-electron chi connectivity index (χ1n) is 21.3. The Balaban J connectivity index is 1.92. The van der Waals surface area contributed by atoms with Crippen LogP contribution in [0.2, 0.25) is 0 Å². The molecule has 1 saturated heterocycles. The van der Waals surface area contributed by atoms with Crippen molar-refractivity contribution in [1.29, 1.82) is 0 Å². The highest BCUT2D eigenvalue weighted by Crippen LogP contribution is 2.33. The number of ether oxygens (including phenoxy) is 5. The number of carboxylic acids is 2. The Morgan fingerprint density at radius 2 is 1.49 bits per heavy atom. The lowest BCUT2D eigenvalue weighted by Gasteiger charge is -2.41. The van der Waals surface area contributed by atoms with Gasteiger partial charge in [-0.3, -0.25) is 19.3 Å². The molecule has 0 bridgehead atoms. The van der Waals surface area contributed by atoms with Crippen LogP contribution in [0.15, 0.2) is 60.2 Å². The highest BCUT2D eigenvalue weighted by molar-refractivity contribution is 5.97. The van der Waals surface area contributed by atoms with Gasteiger partial charge in [0.1, 0.15) is 42.8 Å². The summed E-state index contributed by atoms with van der Waals surface area (Å²) < 4.78 is 27.5. The molecule has 3 rings (SSSR count). The summed E-state index contributed by atoms with van der Waals surface area (Å²) >= 11 is 0. The maximum absolute atomic E-state index is 14.6. The number of hydrogen-bond donors (Lipinski definition) is 8. The maximum Gasteiger partial charge on any atom is 0.410 e. The van der Waals surface area contributed by atoms with Crippen LogP contribution in [0.3, 0.4) is 0 Å². The molecule has 22 nitrogen and oxygen atoms in total. The Kier molecular flexibility index (Phi) is 21.1. The molecule has 0 saturated carbocycles. The largest absolute Gasteiger partial charge is 0.479 e. The molecule has 0 aliphatic carbocycles. The topological polar surface area (TPSA) is 316 Å². The second-order valence-corrected chi connectivity index (χ2v) is 17.4. The van der Waals surface area contributed by atoms with Gasteiger partial charge in [-0.15, -0.1) is 0 Å². The van der Waals surface area contributed by atoms with Crippen molar-refractivity contribution in [2.24, 2.45) is 11.3 Å². The number of carboxylic acid groups (broad SMARTS) is 2. The summed E-state index contributed by atoms with van der Waals surface area (Å²) in [5, 5.41) is 55.5. The predicted molar refractivity (Wildman–Crippen MR) is 237 cm³/mol. The van der Waals surface area contributed by atoms with Crippen LogP contribution in [-0.2, 0) is 55.0 Å². The smallest absolute Gasteiger partial charge is 0.410 e. The Hall–Kier alpha value is -5.72. The number of nitrogens with two attached hydrogens (primary N) is 1. The number of likely N-dealkylation sites (N-methyl/N-ethyl adjacent to an activating group) is 2.